The molecule has 1 fully saturated rings. The smallest absolute Gasteiger partial charge is 0.138 e. The van der Waals surface area contributed by atoms with Crippen molar-refractivity contribution in [3.8, 4) is 23.0 Å². The largest absolute Gasteiger partial charge is 0.393 e. The molecule has 4 N–H and O–H groups in total. The monoisotopic (exact) mass is 416 g/mol. The predicted molar refractivity (Wildman–Crippen MR) is 121 cm³/mol. The highest BCUT2D eigenvalue weighted by Crippen LogP contribution is 2.22. The zero-order valence-electron chi connectivity index (χ0n) is 17.6. The second-order valence-electron chi connectivity index (χ2n) is 8.06. The minimum atomic E-state index is -0.722. The number of aliphatic hydroxyl groups excluding tert-OH is 2. The van der Waals surface area contributed by atoms with E-state index in [1.807, 2.05) is 12.1 Å². The molecule has 0 aliphatic carbocycles. The molecule has 1 saturated heterocycles. The van der Waals surface area contributed by atoms with E-state index < -0.39 is 12.1 Å². The number of benzene rings is 2. The van der Waals surface area contributed by atoms with Crippen LogP contribution < -0.4 is 5.73 Å². The molecule has 1 aliphatic heterocycles. The Hall–Kier alpha value is -2.95. The van der Waals surface area contributed by atoms with Gasteiger partial charge in [0.1, 0.15) is 18.0 Å². The van der Waals surface area contributed by atoms with E-state index in [1.165, 1.54) is 5.56 Å². The first-order valence-corrected chi connectivity index (χ1v) is 10.5. The molecule has 1 aliphatic rings. The van der Waals surface area contributed by atoms with Gasteiger partial charge < -0.3 is 20.5 Å². The maximum atomic E-state index is 9.83. The van der Waals surface area contributed by atoms with Crippen LogP contribution in [-0.2, 0) is 6.54 Å². The van der Waals surface area contributed by atoms with Crippen LogP contribution >= 0.6 is 0 Å². The van der Waals surface area contributed by atoms with Crippen molar-refractivity contribution in [3.05, 3.63) is 77.9 Å². The maximum Gasteiger partial charge on any atom is 0.138 e. The zero-order chi connectivity index (χ0) is 21.8. The van der Waals surface area contributed by atoms with Gasteiger partial charge in [-0.05, 0) is 35.7 Å². The highest BCUT2D eigenvalue weighted by Gasteiger charge is 2.22. The van der Waals surface area contributed by atoms with Gasteiger partial charge in [0.05, 0.1) is 6.61 Å². The number of nitrogens with two attached hydrogens (primary N) is 1. The number of nitrogens with zero attached hydrogens (tertiary/aromatic N) is 3. The summed E-state index contributed by atoms with van der Waals surface area (Å²) in [6.45, 7) is 4.39. The lowest BCUT2D eigenvalue weighted by Crippen LogP contribution is -2.54. The quantitative estimate of drug-likeness (QED) is 0.537. The van der Waals surface area contributed by atoms with Gasteiger partial charge in [0.15, 0.2) is 0 Å². The first kappa shape index (κ1) is 21.3. The average molecular weight is 417 g/mol. The third kappa shape index (κ3) is 5.04. The van der Waals surface area contributed by atoms with Crippen LogP contribution in [0.2, 0.25) is 0 Å². The number of imidazole rings is 1. The van der Waals surface area contributed by atoms with Crippen LogP contribution in [0.1, 0.15) is 36.0 Å². The lowest BCUT2D eigenvalue weighted by atomic mass is 10.0. The van der Waals surface area contributed by atoms with Crippen molar-refractivity contribution in [3.63, 3.8) is 0 Å². The fourth-order valence-corrected chi connectivity index (χ4v) is 3.83. The Morgan fingerprint density at radius 1 is 1.10 bits per heavy atom. The van der Waals surface area contributed by atoms with E-state index in [2.05, 4.69) is 58.1 Å². The van der Waals surface area contributed by atoms with Gasteiger partial charge in [0.25, 0.3) is 0 Å². The zero-order valence-corrected chi connectivity index (χ0v) is 17.6. The van der Waals surface area contributed by atoms with Gasteiger partial charge in [0, 0.05) is 43.6 Å². The molecule has 0 saturated carbocycles. The first-order valence-electron chi connectivity index (χ1n) is 10.5. The van der Waals surface area contributed by atoms with Crippen molar-refractivity contribution < 1.29 is 10.2 Å². The summed E-state index contributed by atoms with van der Waals surface area (Å²) < 4.78 is 1.71. The Morgan fingerprint density at radius 3 is 2.32 bits per heavy atom. The average Bonchev–Trinajstić information content (AvgIpc) is 3.24. The van der Waals surface area contributed by atoms with E-state index >= 15 is 0 Å². The molecule has 0 amide bonds. The minimum Gasteiger partial charge on any atom is -0.393 e. The number of aliphatic hydroxyl groups is 2. The van der Waals surface area contributed by atoms with Crippen molar-refractivity contribution in [2.45, 2.75) is 31.7 Å². The molecule has 6 nitrogen and oxygen atoms in total. The number of likely N-dealkylation sites (tertiary alicyclic amines) is 1. The molecule has 4 rings (SSSR count). The van der Waals surface area contributed by atoms with Crippen LogP contribution in [0.5, 0.6) is 0 Å². The first-order chi connectivity index (χ1) is 15.0. The summed E-state index contributed by atoms with van der Waals surface area (Å²) in [6.07, 6.45) is 2.60. The molecule has 0 radical (unpaired) electrons. The summed E-state index contributed by atoms with van der Waals surface area (Å²) in [5.74, 6) is 6.69. The fraction of sp³-hybridized carbons (Fsp3) is 0.320. The molecule has 0 spiro atoms. The number of hydrogen-bond donors (Lipinski definition) is 3. The Labute approximate surface area is 183 Å². The van der Waals surface area contributed by atoms with Gasteiger partial charge in [-0.1, -0.05) is 48.2 Å². The molecule has 0 bridgehead atoms. The van der Waals surface area contributed by atoms with Crippen LogP contribution in [0.3, 0.4) is 0 Å². The summed E-state index contributed by atoms with van der Waals surface area (Å²) in [6, 6.07) is 16.6. The Morgan fingerprint density at radius 2 is 1.74 bits per heavy atom. The topological polar surface area (TPSA) is 87.5 Å². The normalized spacial score (nSPS) is 16.3. The molecule has 6 heteroatoms. The van der Waals surface area contributed by atoms with Gasteiger partial charge in [-0.25, -0.2) is 4.98 Å². The van der Waals surface area contributed by atoms with E-state index in [-0.39, 0.29) is 6.61 Å². The van der Waals surface area contributed by atoms with Crippen LogP contribution in [-0.4, -0.2) is 50.4 Å². The van der Waals surface area contributed by atoms with E-state index in [0.717, 1.165) is 36.3 Å². The molecule has 160 valence electrons. The van der Waals surface area contributed by atoms with Crippen molar-refractivity contribution >= 4 is 0 Å². The second kappa shape index (κ2) is 9.46. The molecule has 3 aromatic rings. The summed E-state index contributed by atoms with van der Waals surface area (Å²) in [5.41, 5.74) is 10.3. The summed E-state index contributed by atoms with van der Waals surface area (Å²) in [7, 11) is 0. The van der Waals surface area contributed by atoms with Gasteiger partial charge in [-0.2, -0.15) is 0 Å². The lowest BCUT2D eigenvalue weighted by molar-refractivity contribution is 0.142. The van der Waals surface area contributed by atoms with Crippen LogP contribution in [0.25, 0.3) is 11.1 Å². The third-order valence-electron chi connectivity index (χ3n) is 5.53. The molecule has 31 heavy (non-hydrogen) atoms. The highest BCUT2D eigenvalue weighted by atomic mass is 16.3. The van der Waals surface area contributed by atoms with Crippen molar-refractivity contribution in [1.29, 1.82) is 0 Å². The van der Waals surface area contributed by atoms with E-state index in [0.29, 0.717) is 11.9 Å². The molecule has 2 heterocycles. The SMILES string of the molecule is C[C@H](O)c1nccn1[C@@H](C#Cc1ccc(-c2ccc(CN3CC(N)C3)cc2)cc1)CO. The Bertz CT molecular complexity index is 1060. The molecule has 0 unspecified atom stereocenters. The standard InChI is InChI=1S/C25H28N4O2/c1-18(31)25-27-12-13-29(25)24(17-30)11-6-19-2-7-21(8-3-19)22-9-4-20(5-10-22)14-28-15-23(26)16-28/h2-5,7-10,12-13,18,23-24,30-31H,14-17,26H2,1H3/t18-,24-/m0/s1. The van der Waals surface area contributed by atoms with Crippen LogP contribution in [0.4, 0.5) is 0 Å². The number of aromatic nitrogens is 2. The van der Waals surface area contributed by atoms with E-state index in [1.54, 1.807) is 23.9 Å². The molecular weight excluding hydrogens is 388 g/mol. The Balaban J connectivity index is 1.43. The summed E-state index contributed by atoms with van der Waals surface area (Å²) in [4.78, 5) is 6.49. The van der Waals surface area contributed by atoms with Crippen molar-refractivity contribution in [2.75, 3.05) is 19.7 Å². The summed E-state index contributed by atoms with van der Waals surface area (Å²) >= 11 is 0. The van der Waals surface area contributed by atoms with Crippen molar-refractivity contribution in [2.24, 2.45) is 5.73 Å². The van der Waals surface area contributed by atoms with Gasteiger partial charge in [0.2, 0.25) is 0 Å². The highest BCUT2D eigenvalue weighted by molar-refractivity contribution is 5.64. The minimum absolute atomic E-state index is 0.156. The fourth-order valence-electron chi connectivity index (χ4n) is 3.83. The van der Waals surface area contributed by atoms with Gasteiger partial charge in [-0.15, -0.1) is 0 Å². The summed E-state index contributed by atoms with van der Waals surface area (Å²) in [5, 5.41) is 19.6. The van der Waals surface area contributed by atoms with Crippen LogP contribution in [0, 0.1) is 11.8 Å². The number of rotatable bonds is 6. The van der Waals surface area contributed by atoms with Gasteiger partial charge >= 0.3 is 0 Å². The molecule has 1 aromatic heterocycles. The lowest BCUT2D eigenvalue weighted by Gasteiger charge is -2.36. The third-order valence-corrected chi connectivity index (χ3v) is 5.53. The van der Waals surface area contributed by atoms with E-state index in [9.17, 15) is 10.2 Å². The number of hydrogen-bond acceptors (Lipinski definition) is 5. The predicted octanol–water partition coefficient (Wildman–Crippen LogP) is 2.33. The molecule has 2 aromatic carbocycles. The Kier molecular flexibility index (Phi) is 6.50. The molecular formula is C25H28N4O2. The van der Waals surface area contributed by atoms with E-state index in [4.69, 9.17) is 5.73 Å². The molecule has 2 atom stereocenters. The second-order valence-corrected chi connectivity index (χ2v) is 8.06. The van der Waals surface area contributed by atoms with Gasteiger partial charge in [-0.3, -0.25) is 4.90 Å². The van der Waals surface area contributed by atoms with Crippen LogP contribution in [0.15, 0.2) is 60.9 Å². The van der Waals surface area contributed by atoms with Crippen molar-refractivity contribution in [1.82, 2.24) is 14.5 Å². The maximum absolute atomic E-state index is 9.83.